The minimum absolute atomic E-state index is 0.0110. The molecule has 92 valence electrons. The summed E-state index contributed by atoms with van der Waals surface area (Å²) >= 11 is 0. The van der Waals surface area contributed by atoms with E-state index in [4.69, 9.17) is 0 Å². The first-order valence-electron chi connectivity index (χ1n) is 6.12. The van der Waals surface area contributed by atoms with Gasteiger partial charge in [-0.25, -0.2) is 8.42 Å². The quantitative estimate of drug-likeness (QED) is 0.670. The minimum Gasteiger partial charge on any atom is -0.390 e. The van der Waals surface area contributed by atoms with E-state index in [9.17, 15) is 13.5 Å². The van der Waals surface area contributed by atoms with Gasteiger partial charge in [-0.05, 0) is 44.2 Å². The molecule has 0 bridgehead atoms. The van der Waals surface area contributed by atoms with Crippen LogP contribution in [0.2, 0.25) is 0 Å². The summed E-state index contributed by atoms with van der Waals surface area (Å²) in [5, 5.41) is 14.0. The second-order valence-electron chi connectivity index (χ2n) is 5.79. The van der Waals surface area contributed by atoms with Crippen LogP contribution in [-0.2, 0) is 9.84 Å². The van der Waals surface area contributed by atoms with Crippen LogP contribution in [0.15, 0.2) is 0 Å². The zero-order valence-corrected chi connectivity index (χ0v) is 10.2. The van der Waals surface area contributed by atoms with Crippen molar-refractivity contribution in [1.82, 2.24) is 5.32 Å². The van der Waals surface area contributed by atoms with Gasteiger partial charge in [0.15, 0.2) is 9.84 Å². The lowest BCUT2D eigenvalue weighted by atomic mass is 9.84. The highest BCUT2D eigenvalue weighted by Gasteiger charge is 2.52. The van der Waals surface area contributed by atoms with E-state index in [1.54, 1.807) is 0 Å². The maximum absolute atomic E-state index is 11.5. The van der Waals surface area contributed by atoms with E-state index in [1.807, 2.05) is 0 Å². The summed E-state index contributed by atoms with van der Waals surface area (Å²) in [7, 11) is -2.87. The van der Waals surface area contributed by atoms with Crippen molar-refractivity contribution in [2.45, 2.75) is 24.9 Å². The highest BCUT2D eigenvalue weighted by Crippen LogP contribution is 2.47. The van der Waals surface area contributed by atoms with Crippen LogP contribution in [0.3, 0.4) is 0 Å². The van der Waals surface area contributed by atoms with E-state index in [2.05, 4.69) is 5.32 Å². The number of fused-ring (bicyclic) bond motifs is 1. The molecule has 0 aromatic carbocycles. The molecule has 3 atom stereocenters. The Morgan fingerprint density at radius 1 is 1.19 bits per heavy atom. The van der Waals surface area contributed by atoms with Gasteiger partial charge in [-0.3, -0.25) is 0 Å². The lowest BCUT2D eigenvalue weighted by Crippen LogP contribution is -2.37. The van der Waals surface area contributed by atoms with Crippen molar-refractivity contribution in [3.05, 3.63) is 0 Å². The summed E-state index contributed by atoms with van der Waals surface area (Å²) in [5.41, 5.74) is -0.693. The van der Waals surface area contributed by atoms with Crippen LogP contribution in [0.5, 0.6) is 0 Å². The molecule has 1 aliphatic carbocycles. The molecule has 3 aliphatic rings. The highest BCUT2D eigenvalue weighted by molar-refractivity contribution is 7.91. The predicted octanol–water partition coefficient (Wildman–Crippen LogP) is -0.218. The Labute approximate surface area is 96.3 Å². The number of hydrogen-bond donors (Lipinski definition) is 2. The third-order valence-corrected chi connectivity index (χ3v) is 6.47. The second kappa shape index (κ2) is 3.43. The van der Waals surface area contributed by atoms with Crippen molar-refractivity contribution in [3.8, 4) is 0 Å². The zero-order chi connectivity index (χ0) is 11.4. The monoisotopic (exact) mass is 245 g/mol. The van der Waals surface area contributed by atoms with Crippen LogP contribution in [0, 0.1) is 17.8 Å². The number of aliphatic hydroxyl groups is 1. The first kappa shape index (κ1) is 11.0. The molecule has 0 aromatic heterocycles. The van der Waals surface area contributed by atoms with Gasteiger partial charge in [0.05, 0.1) is 17.1 Å². The molecule has 2 saturated heterocycles. The molecular formula is C11H19NO3S. The van der Waals surface area contributed by atoms with Gasteiger partial charge in [0, 0.05) is 5.92 Å². The van der Waals surface area contributed by atoms with Crippen LogP contribution in [-0.4, -0.2) is 43.7 Å². The molecule has 0 radical (unpaired) electrons. The Morgan fingerprint density at radius 2 is 1.81 bits per heavy atom. The Kier molecular flexibility index (Phi) is 2.36. The third-order valence-electron chi connectivity index (χ3n) is 4.70. The zero-order valence-electron chi connectivity index (χ0n) is 9.35. The SMILES string of the molecule is O=S1(=O)CCC(C2(O)CC3CNCC3C2)C1. The molecule has 2 N–H and O–H groups in total. The standard InChI is InChI=1S/C11H19NO3S/c13-11(10-1-2-16(14,15)7-10)3-8-5-12-6-9(8)4-11/h8-10,12-13H,1-7H2. The van der Waals surface area contributed by atoms with Crippen molar-refractivity contribution in [3.63, 3.8) is 0 Å². The van der Waals surface area contributed by atoms with Crippen molar-refractivity contribution >= 4 is 9.84 Å². The number of nitrogens with one attached hydrogen (secondary N) is 1. The molecule has 1 saturated carbocycles. The van der Waals surface area contributed by atoms with E-state index in [1.165, 1.54) is 0 Å². The average molecular weight is 245 g/mol. The average Bonchev–Trinajstić information content (AvgIpc) is 2.78. The molecule has 3 rings (SSSR count). The maximum atomic E-state index is 11.5. The topological polar surface area (TPSA) is 66.4 Å². The van der Waals surface area contributed by atoms with Crippen LogP contribution in [0.25, 0.3) is 0 Å². The van der Waals surface area contributed by atoms with E-state index >= 15 is 0 Å². The first-order valence-corrected chi connectivity index (χ1v) is 7.94. The molecule has 0 amide bonds. The van der Waals surface area contributed by atoms with Gasteiger partial charge in [-0.1, -0.05) is 0 Å². The molecular weight excluding hydrogens is 226 g/mol. The van der Waals surface area contributed by atoms with Gasteiger partial charge >= 0.3 is 0 Å². The number of hydrogen-bond acceptors (Lipinski definition) is 4. The van der Waals surface area contributed by atoms with E-state index < -0.39 is 15.4 Å². The van der Waals surface area contributed by atoms with Gasteiger partial charge in [0.2, 0.25) is 0 Å². The van der Waals surface area contributed by atoms with Gasteiger partial charge in [-0.15, -0.1) is 0 Å². The largest absolute Gasteiger partial charge is 0.390 e. The third kappa shape index (κ3) is 1.69. The van der Waals surface area contributed by atoms with E-state index in [0.29, 0.717) is 18.3 Å². The Hall–Kier alpha value is -0.130. The lowest BCUT2D eigenvalue weighted by molar-refractivity contribution is -0.00940. The predicted molar refractivity (Wildman–Crippen MR) is 60.8 cm³/mol. The van der Waals surface area contributed by atoms with Crippen LogP contribution in [0.1, 0.15) is 19.3 Å². The fourth-order valence-electron chi connectivity index (χ4n) is 3.81. The van der Waals surface area contributed by atoms with Crippen molar-refractivity contribution in [2.24, 2.45) is 17.8 Å². The van der Waals surface area contributed by atoms with Gasteiger partial charge in [0.1, 0.15) is 0 Å². The van der Waals surface area contributed by atoms with Crippen molar-refractivity contribution in [1.29, 1.82) is 0 Å². The fourth-order valence-corrected chi connectivity index (χ4v) is 5.71. The number of rotatable bonds is 1. The molecule has 16 heavy (non-hydrogen) atoms. The van der Waals surface area contributed by atoms with Crippen LogP contribution < -0.4 is 5.32 Å². The first-order chi connectivity index (χ1) is 7.49. The molecule has 5 heteroatoms. The van der Waals surface area contributed by atoms with Gasteiger partial charge in [-0.2, -0.15) is 0 Å². The Morgan fingerprint density at radius 3 is 2.31 bits per heavy atom. The smallest absolute Gasteiger partial charge is 0.150 e. The van der Waals surface area contributed by atoms with Crippen LogP contribution >= 0.6 is 0 Å². The Balaban J connectivity index is 1.76. The lowest BCUT2D eigenvalue weighted by Gasteiger charge is -2.29. The molecule has 2 aliphatic heterocycles. The number of sulfone groups is 1. The van der Waals surface area contributed by atoms with Crippen LogP contribution in [0.4, 0.5) is 0 Å². The second-order valence-corrected chi connectivity index (χ2v) is 8.02. The molecule has 4 nitrogen and oxygen atoms in total. The van der Waals surface area contributed by atoms with Gasteiger partial charge < -0.3 is 10.4 Å². The summed E-state index contributed by atoms with van der Waals surface area (Å²) in [5.74, 6) is 1.59. The minimum atomic E-state index is -2.87. The summed E-state index contributed by atoms with van der Waals surface area (Å²) in [6.45, 7) is 1.99. The van der Waals surface area contributed by atoms with E-state index in [-0.39, 0.29) is 17.4 Å². The van der Waals surface area contributed by atoms with Gasteiger partial charge in [0.25, 0.3) is 0 Å². The molecule has 3 unspecified atom stereocenters. The van der Waals surface area contributed by atoms with Crippen molar-refractivity contribution < 1.29 is 13.5 Å². The summed E-state index contributed by atoms with van der Waals surface area (Å²) in [6.07, 6.45) is 2.25. The fraction of sp³-hybridized carbons (Fsp3) is 1.00. The normalized spacial score (nSPS) is 50.7. The van der Waals surface area contributed by atoms with E-state index in [0.717, 1.165) is 25.9 Å². The Bertz CT molecular complexity index is 380. The summed E-state index contributed by atoms with van der Waals surface area (Å²) < 4.78 is 22.9. The van der Waals surface area contributed by atoms with Crippen molar-refractivity contribution in [2.75, 3.05) is 24.6 Å². The molecule has 2 heterocycles. The highest BCUT2D eigenvalue weighted by atomic mass is 32.2. The molecule has 3 fully saturated rings. The molecule has 0 spiro atoms. The molecule has 0 aromatic rings. The summed E-state index contributed by atoms with van der Waals surface area (Å²) in [4.78, 5) is 0. The summed E-state index contributed by atoms with van der Waals surface area (Å²) in [6, 6.07) is 0. The maximum Gasteiger partial charge on any atom is 0.150 e.